The number of amides is 2. The maximum Gasteiger partial charge on any atom is 0.252 e. The van der Waals surface area contributed by atoms with Crippen molar-refractivity contribution in [2.24, 2.45) is 5.92 Å². The molecule has 0 radical (unpaired) electrons. The summed E-state index contributed by atoms with van der Waals surface area (Å²) >= 11 is 5.95. The van der Waals surface area contributed by atoms with Gasteiger partial charge in [-0.2, -0.15) is 0 Å². The van der Waals surface area contributed by atoms with Crippen LogP contribution in [-0.2, 0) is 4.79 Å². The molecule has 122 valence electrons. The van der Waals surface area contributed by atoms with Gasteiger partial charge in [-0.15, -0.1) is 0 Å². The van der Waals surface area contributed by atoms with E-state index in [0.717, 1.165) is 0 Å². The molecule has 0 aromatic carbocycles. The van der Waals surface area contributed by atoms with Crippen LogP contribution in [0.15, 0.2) is 12.1 Å². The molecule has 0 aliphatic carbocycles. The molecule has 1 aromatic rings. The van der Waals surface area contributed by atoms with Gasteiger partial charge in [0.2, 0.25) is 5.91 Å². The molecule has 1 atom stereocenters. The number of aromatic nitrogens is 1. The zero-order valence-electron chi connectivity index (χ0n) is 13.6. The lowest BCUT2D eigenvalue weighted by Gasteiger charge is -2.19. The summed E-state index contributed by atoms with van der Waals surface area (Å²) < 4.78 is 0. The second kappa shape index (κ2) is 7.98. The van der Waals surface area contributed by atoms with Crippen LogP contribution in [0.3, 0.4) is 0 Å². The highest BCUT2D eigenvalue weighted by Gasteiger charge is 2.22. The van der Waals surface area contributed by atoms with Gasteiger partial charge in [-0.25, -0.2) is 4.98 Å². The van der Waals surface area contributed by atoms with Crippen molar-refractivity contribution in [2.45, 2.75) is 26.3 Å². The average Bonchev–Trinajstić information content (AvgIpc) is 2.44. The van der Waals surface area contributed by atoms with Crippen LogP contribution in [0.25, 0.3) is 0 Å². The predicted octanol–water partition coefficient (Wildman–Crippen LogP) is 1.69. The molecule has 0 aliphatic rings. The van der Waals surface area contributed by atoms with Crippen molar-refractivity contribution in [3.63, 3.8) is 0 Å². The van der Waals surface area contributed by atoms with Crippen molar-refractivity contribution >= 4 is 29.2 Å². The van der Waals surface area contributed by atoms with Crippen LogP contribution in [0, 0.1) is 5.92 Å². The molecule has 0 spiro atoms. The van der Waals surface area contributed by atoms with Crippen molar-refractivity contribution in [3.05, 3.63) is 22.8 Å². The highest BCUT2D eigenvalue weighted by molar-refractivity contribution is 6.30. The summed E-state index contributed by atoms with van der Waals surface area (Å²) in [5, 5.41) is 5.55. The van der Waals surface area contributed by atoms with Crippen molar-refractivity contribution in [2.75, 3.05) is 26.0 Å². The molecule has 6 nitrogen and oxygen atoms in total. The number of carbonyl (C=O) groups excluding carboxylic acids is 2. The molecule has 0 aliphatic heterocycles. The third kappa shape index (κ3) is 5.18. The molecule has 7 heteroatoms. The fraction of sp³-hybridized carbons (Fsp3) is 0.533. The fourth-order valence-electron chi connectivity index (χ4n) is 1.96. The molecule has 1 rings (SSSR count). The standard InChI is InChI=1S/C15H23ClN4O2/c1-9(2)6-11(15(22)17-3)18-14(21)10-7-12(16)19-13(8-10)20(4)5/h7-9,11H,6H2,1-5H3,(H,17,22)(H,18,21)/t11-/m1/s1. The summed E-state index contributed by atoms with van der Waals surface area (Å²) in [5.41, 5.74) is 0.376. The topological polar surface area (TPSA) is 74.3 Å². The number of hydrogen-bond acceptors (Lipinski definition) is 4. The maximum absolute atomic E-state index is 12.4. The molecule has 0 unspecified atom stereocenters. The summed E-state index contributed by atoms with van der Waals surface area (Å²) in [7, 11) is 5.17. The number of nitrogens with zero attached hydrogens (tertiary/aromatic N) is 2. The molecule has 1 aromatic heterocycles. The highest BCUT2D eigenvalue weighted by atomic mass is 35.5. The minimum absolute atomic E-state index is 0.213. The Kier molecular flexibility index (Phi) is 6.61. The van der Waals surface area contributed by atoms with Gasteiger partial charge in [-0.05, 0) is 24.5 Å². The van der Waals surface area contributed by atoms with E-state index in [0.29, 0.717) is 17.8 Å². The molecule has 2 amide bonds. The van der Waals surface area contributed by atoms with Crippen LogP contribution in [0.1, 0.15) is 30.6 Å². The second-order valence-corrected chi connectivity index (χ2v) is 6.09. The van der Waals surface area contributed by atoms with Gasteiger partial charge >= 0.3 is 0 Å². The van der Waals surface area contributed by atoms with E-state index >= 15 is 0 Å². The summed E-state index contributed by atoms with van der Waals surface area (Å²) in [4.78, 5) is 30.2. The van der Waals surface area contributed by atoms with Gasteiger partial charge in [0.15, 0.2) is 0 Å². The third-order valence-corrected chi connectivity index (χ3v) is 3.27. The van der Waals surface area contributed by atoms with E-state index in [1.807, 2.05) is 27.9 Å². The average molecular weight is 327 g/mol. The number of pyridine rings is 1. The quantitative estimate of drug-likeness (QED) is 0.780. The molecule has 2 N–H and O–H groups in total. The first-order valence-electron chi connectivity index (χ1n) is 7.12. The Balaban J connectivity index is 2.96. The van der Waals surface area contributed by atoms with Crippen molar-refractivity contribution in [3.8, 4) is 0 Å². The molecule has 0 fully saturated rings. The largest absolute Gasteiger partial charge is 0.363 e. The minimum atomic E-state index is -0.577. The van der Waals surface area contributed by atoms with E-state index in [-0.39, 0.29) is 22.9 Å². The molecule has 0 bridgehead atoms. The highest BCUT2D eigenvalue weighted by Crippen LogP contribution is 2.17. The zero-order chi connectivity index (χ0) is 16.9. The predicted molar refractivity (Wildman–Crippen MR) is 88.3 cm³/mol. The van der Waals surface area contributed by atoms with Gasteiger partial charge in [0.25, 0.3) is 5.91 Å². The zero-order valence-corrected chi connectivity index (χ0v) is 14.4. The van der Waals surface area contributed by atoms with Gasteiger partial charge in [0, 0.05) is 26.7 Å². The van der Waals surface area contributed by atoms with Crippen LogP contribution in [0.4, 0.5) is 5.82 Å². The number of hydrogen-bond donors (Lipinski definition) is 2. The van der Waals surface area contributed by atoms with E-state index in [1.54, 1.807) is 18.0 Å². The van der Waals surface area contributed by atoms with Crippen molar-refractivity contribution in [1.82, 2.24) is 15.6 Å². The first kappa shape index (κ1) is 18.2. The Morgan fingerprint density at radius 2 is 1.95 bits per heavy atom. The number of anilines is 1. The summed E-state index contributed by atoms with van der Waals surface area (Å²) in [6.45, 7) is 3.99. The smallest absolute Gasteiger partial charge is 0.252 e. The Hall–Kier alpha value is -1.82. The van der Waals surface area contributed by atoms with Gasteiger partial charge in [-0.1, -0.05) is 25.4 Å². The summed E-state index contributed by atoms with van der Waals surface area (Å²) in [6.07, 6.45) is 0.560. The molecule has 0 saturated carbocycles. The van der Waals surface area contributed by atoms with E-state index in [1.165, 1.54) is 6.07 Å². The molecular weight excluding hydrogens is 304 g/mol. The van der Waals surface area contributed by atoms with E-state index in [2.05, 4.69) is 15.6 Å². The molecular formula is C15H23ClN4O2. The van der Waals surface area contributed by atoms with Crippen LogP contribution in [0.5, 0.6) is 0 Å². The Labute approximate surface area is 136 Å². The number of rotatable bonds is 6. The van der Waals surface area contributed by atoms with Crippen LogP contribution in [-0.4, -0.2) is 44.0 Å². The Bertz CT molecular complexity index is 546. The van der Waals surface area contributed by atoms with Crippen LogP contribution in [0.2, 0.25) is 5.15 Å². The van der Waals surface area contributed by atoms with E-state index in [9.17, 15) is 9.59 Å². The Morgan fingerprint density at radius 1 is 1.32 bits per heavy atom. The van der Waals surface area contributed by atoms with E-state index < -0.39 is 6.04 Å². The summed E-state index contributed by atoms with van der Waals surface area (Å²) in [6, 6.07) is 2.55. The van der Waals surface area contributed by atoms with Crippen LogP contribution < -0.4 is 15.5 Å². The first-order chi connectivity index (χ1) is 10.2. The fourth-order valence-corrected chi connectivity index (χ4v) is 2.17. The lowest BCUT2D eigenvalue weighted by Crippen LogP contribution is -2.46. The summed E-state index contributed by atoms with van der Waals surface area (Å²) in [5.74, 6) is 0.302. The number of nitrogens with one attached hydrogen (secondary N) is 2. The monoisotopic (exact) mass is 326 g/mol. The molecule has 0 saturated heterocycles. The van der Waals surface area contributed by atoms with Crippen molar-refractivity contribution in [1.29, 1.82) is 0 Å². The number of halogens is 1. The van der Waals surface area contributed by atoms with Gasteiger partial charge in [0.1, 0.15) is 17.0 Å². The third-order valence-electron chi connectivity index (χ3n) is 3.08. The lowest BCUT2D eigenvalue weighted by atomic mass is 10.0. The first-order valence-corrected chi connectivity index (χ1v) is 7.49. The minimum Gasteiger partial charge on any atom is -0.363 e. The van der Waals surface area contributed by atoms with Gasteiger partial charge in [0.05, 0.1) is 0 Å². The SMILES string of the molecule is CNC(=O)[C@@H](CC(C)C)NC(=O)c1cc(Cl)nc(N(C)C)c1. The van der Waals surface area contributed by atoms with Gasteiger partial charge < -0.3 is 15.5 Å². The van der Waals surface area contributed by atoms with E-state index in [4.69, 9.17) is 11.6 Å². The molecule has 1 heterocycles. The second-order valence-electron chi connectivity index (χ2n) is 5.70. The van der Waals surface area contributed by atoms with Crippen LogP contribution >= 0.6 is 11.6 Å². The lowest BCUT2D eigenvalue weighted by molar-refractivity contribution is -0.122. The van der Waals surface area contributed by atoms with Gasteiger partial charge in [-0.3, -0.25) is 9.59 Å². The normalized spacial score (nSPS) is 12.0. The number of carbonyl (C=O) groups is 2. The molecule has 22 heavy (non-hydrogen) atoms. The maximum atomic E-state index is 12.4. The number of likely N-dealkylation sites (N-methyl/N-ethyl adjacent to an activating group) is 1. The van der Waals surface area contributed by atoms with Crippen molar-refractivity contribution < 1.29 is 9.59 Å². The Morgan fingerprint density at radius 3 is 2.45 bits per heavy atom.